The molecule has 1 aromatic heterocycles. The predicted molar refractivity (Wildman–Crippen MR) is 122 cm³/mol. The van der Waals surface area contributed by atoms with Crippen LogP contribution in [0.15, 0.2) is 60.9 Å². The highest BCUT2D eigenvalue weighted by molar-refractivity contribution is 5.65. The number of nitrogens with zero attached hydrogens (tertiary/aromatic N) is 3. The summed E-state index contributed by atoms with van der Waals surface area (Å²) >= 11 is 0. The van der Waals surface area contributed by atoms with Crippen LogP contribution in [0, 0.1) is 11.8 Å². The van der Waals surface area contributed by atoms with Gasteiger partial charge in [-0.05, 0) is 47.7 Å². The number of piperidine rings is 1. The van der Waals surface area contributed by atoms with Crippen LogP contribution in [0.1, 0.15) is 30.7 Å². The molecular weight excluding hydrogens is 386 g/mol. The van der Waals surface area contributed by atoms with Crippen LogP contribution in [0.5, 0.6) is 5.75 Å². The van der Waals surface area contributed by atoms with Gasteiger partial charge in [0.2, 0.25) is 0 Å². The Morgan fingerprint density at radius 3 is 2.45 bits per heavy atom. The first-order valence-electron chi connectivity index (χ1n) is 11.2. The number of ether oxygens (including phenoxy) is 1. The first-order chi connectivity index (χ1) is 15.1. The second-order valence-electron chi connectivity index (χ2n) is 9.14. The van der Waals surface area contributed by atoms with Crippen molar-refractivity contribution in [3.8, 4) is 16.9 Å². The normalized spacial score (nSPS) is 26.0. The largest absolute Gasteiger partial charge is 0.497 e. The Bertz CT molecular complexity index is 1050. The van der Waals surface area contributed by atoms with Crippen LogP contribution in [-0.2, 0) is 19.2 Å². The molecule has 2 aliphatic rings. The first kappa shape index (κ1) is 20.3. The molecule has 1 N–H and O–H groups in total. The van der Waals surface area contributed by atoms with Gasteiger partial charge in [-0.2, -0.15) is 0 Å². The molecule has 2 fully saturated rings. The van der Waals surface area contributed by atoms with Gasteiger partial charge in [-0.25, -0.2) is 4.98 Å². The molecule has 1 aliphatic heterocycles. The Hall–Kier alpha value is -2.63. The fourth-order valence-corrected chi connectivity index (χ4v) is 5.70. The van der Waals surface area contributed by atoms with Gasteiger partial charge in [-0.15, -0.1) is 0 Å². The number of methoxy groups -OCH3 is 1. The highest BCUT2D eigenvalue weighted by Crippen LogP contribution is 2.48. The lowest BCUT2D eigenvalue weighted by Crippen LogP contribution is -2.58. The van der Waals surface area contributed by atoms with Crippen molar-refractivity contribution >= 4 is 0 Å². The van der Waals surface area contributed by atoms with E-state index in [0.29, 0.717) is 0 Å². The van der Waals surface area contributed by atoms with Crippen molar-refractivity contribution in [2.75, 3.05) is 20.2 Å². The number of fused-ring (bicyclic) bond motifs is 2. The smallest absolute Gasteiger partial charge is 0.141 e. The average Bonchev–Trinajstić information content (AvgIpc) is 3.21. The molecule has 2 atom stereocenters. The van der Waals surface area contributed by atoms with E-state index in [2.05, 4.69) is 46.3 Å². The molecule has 31 heavy (non-hydrogen) atoms. The molecule has 5 rings (SSSR count). The van der Waals surface area contributed by atoms with Crippen molar-refractivity contribution in [1.29, 1.82) is 0 Å². The molecule has 0 unspecified atom stereocenters. The molecule has 0 radical (unpaired) electrons. The van der Waals surface area contributed by atoms with E-state index in [4.69, 9.17) is 4.74 Å². The van der Waals surface area contributed by atoms with Gasteiger partial charge in [0.1, 0.15) is 17.2 Å². The molecule has 1 saturated heterocycles. The minimum absolute atomic E-state index is 0.225. The molecule has 1 saturated carbocycles. The van der Waals surface area contributed by atoms with Crippen LogP contribution >= 0.6 is 0 Å². The second-order valence-corrected chi connectivity index (χ2v) is 9.14. The Labute approximate surface area is 184 Å². The van der Waals surface area contributed by atoms with E-state index in [1.165, 1.54) is 23.1 Å². The van der Waals surface area contributed by atoms with Gasteiger partial charge in [0.05, 0.1) is 7.11 Å². The van der Waals surface area contributed by atoms with Crippen molar-refractivity contribution in [3.05, 3.63) is 72.3 Å². The highest BCUT2D eigenvalue weighted by Gasteiger charge is 2.53. The number of hydrogen-bond donors (Lipinski definition) is 1. The van der Waals surface area contributed by atoms with Crippen LogP contribution in [0.3, 0.4) is 0 Å². The molecule has 1 aliphatic carbocycles. The van der Waals surface area contributed by atoms with Crippen molar-refractivity contribution in [3.63, 3.8) is 0 Å². The lowest BCUT2D eigenvalue weighted by molar-refractivity contribution is -0.155. The van der Waals surface area contributed by atoms with Crippen LogP contribution in [0.4, 0.5) is 0 Å². The Morgan fingerprint density at radius 2 is 1.77 bits per heavy atom. The quantitative estimate of drug-likeness (QED) is 0.676. The number of imidazole rings is 1. The third-order valence-electron chi connectivity index (χ3n) is 7.22. The van der Waals surface area contributed by atoms with E-state index in [-0.39, 0.29) is 11.8 Å². The summed E-state index contributed by atoms with van der Waals surface area (Å²) in [5.41, 5.74) is 2.87. The summed E-state index contributed by atoms with van der Waals surface area (Å²) in [7, 11) is 3.70. The van der Waals surface area contributed by atoms with E-state index >= 15 is 0 Å². The van der Waals surface area contributed by atoms with E-state index in [1.54, 1.807) is 13.3 Å². The standard InChI is InChI=1S/C26H31N3O2/c1-28-13-12-27-25(28)26(30)22-9-5-10-23(26)18-29(17-22)16-19-6-3-7-20(14-19)21-8-4-11-24(15-21)31-2/h3-4,6-8,11-15,22-23,30H,5,9-10,16-18H2,1-2H3/t22-,23-/m1/s1. The summed E-state index contributed by atoms with van der Waals surface area (Å²) in [4.78, 5) is 7.07. The summed E-state index contributed by atoms with van der Waals surface area (Å²) in [6, 6.07) is 17.0. The maximum Gasteiger partial charge on any atom is 0.141 e. The lowest BCUT2D eigenvalue weighted by atomic mass is 9.65. The van der Waals surface area contributed by atoms with Gasteiger partial charge in [-0.1, -0.05) is 36.8 Å². The minimum Gasteiger partial charge on any atom is -0.497 e. The minimum atomic E-state index is -0.810. The zero-order valence-corrected chi connectivity index (χ0v) is 18.4. The van der Waals surface area contributed by atoms with E-state index in [1.807, 2.05) is 29.9 Å². The number of aryl methyl sites for hydroxylation is 1. The first-order valence-corrected chi connectivity index (χ1v) is 11.2. The van der Waals surface area contributed by atoms with Crippen LogP contribution in [0.25, 0.3) is 11.1 Å². The third kappa shape index (κ3) is 3.66. The van der Waals surface area contributed by atoms with Crippen LogP contribution in [-0.4, -0.2) is 39.8 Å². The lowest BCUT2D eigenvalue weighted by Gasteiger charge is -2.52. The number of aliphatic hydroxyl groups is 1. The van der Waals surface area contributed by atoms with E-state index < -0.39 is 5.60 Å². The maximum atomic E-state index is 11.8. The molecule has 2 bridgehead atoms. The number of rotatable bonds is 5. The SMILES string of the molecule is COc1cccc(-c2cccc(CN3C[C@H]4CCC[C@H](C3)C4(O)c3nccn3C)c2)c1. The van der Waals surface area contributed by atoms with Gasteiger partial charge in [0.15, 0.2) is 0 Å². The molecular formula is C26H31N3O2. The highest BCUT2D eigenvalue weighted by atomic mass is 16.5. The zero-order chi connectivity index (χ0) is 21.4. The summed E-state index contributed by atoms with van der Waals surface area (Å²) in [5, 5.41) is 11.8. The average molecular weight is 418 g/mol. The second kappa shape index (κ2) is 8.13. The summed E-state index contributed by atoms with van der Waals surface area (Å²) < 4.78 is 7.39. The van der Waals surface area contributed by atoms with Gasteiger partial charge in [-0.3, -0.25) is 4.90 Å². The predicted octanol–water partition coefficient (Wildman–Crippen LogP) is 4.22. The fourth-order valence-electron chi connectivity index (χ4n) is 5.70. The monoisotopic (exact) mass is 417 g/mol. The molecule has 2 heterocycles. The number of hydrogen-bond acceptors (Lipinski definition) is 4. The third-order valence-corrected chi connectivity index (χ3v) is 7.22. The van der Waals surface area contributed by atoms with Crippen molar-refractivity contribution in [1.82, 2.24) is 14.5 Å². The molecule has 5 heteroatoms. The maximum absolute atomic E-state index is 11.8. The number of benzene rings is 2. The summed E-state index contributed by atoms with van der Waals surface area (Å²) in [6.45, 7) is 2.72. The van der Waals surface area contributed by atoms with Crippen molar-refractivity contribution in [2.45, 2.75) is 31.4 Å². The Balaban J connectivity index is 1.36. The van der Waals surface area contributed by atoms with Gasteiger partial charge in [0, 0.05) is 50.9 Å². The summed E-state index contributed by atoms with van der Waals surface area (Å²) in [6.07, 6.45) is 7.06. The topological polar surface area (TPSA) is 50.5 Å². The molecule has 162 valence electrons. The molecule has 5 nitrogen and oxygen atoms in total. The van der Waals surface area contributed by atoms with Gasteiger partial charge < -0.3 is 14.4 Å². The zero-order valence-electron chi connectivity index (χ0n) is 18.4. The number of aromatic nitrogens is 2. The Morgan fingerprint density at radius 1 is 1.06 bits per heavy atom. The summed E-state index contributed by atoms with van der Waals surface area (Å²) in [5.74, 6) is 2.16. The van der Waals surface area contributed by atoms with Crippen LogP contribution in [0.2, 0.25) is 0 Å². The van der Waals surface area contributed by atoms with Crippen molar-refractivity contribution in [2.24, 2.45) is 18.9 Å². The van der Waals surface area contributed by atoms with E-state index in [9.17, 15) is 5.11 Å². The molecule has 0 spiro atoms. The van der Waals surface area contributed by atoms with E-state index in [0.717, 1.165) is 44.0 Å². The fraction of sp³-hybridized carbons (Fsp3) is 0.423. The number of likely N-dealkylation sites (tertiary alicyclic amines) is 1. The van der Waals surface area contributed by atoms with Crippen molar-refractivity contribution < 1.29 is 9.84 Å². The molecule has 0 amide bonds. The van der Waals surface area contributed by atoms with Gasteiger partial charge >= 0.3 is 0 Å². The van der Waals surface area contributed by atoms with Crippen LogP contribution < -0.4 is 4.74 Å². The van der Waals surface area contributed by atoms with Gasteiger partial charge in [0.25, 0.3) is 0 Å². The Kier molecular flexibility index (Phi) is 5.32. The molecule has 2 aromatic carbocycles. The molecule has 3 aromatic rings.